The summed E-state index contributed by atoms with van der Waals surface area (Å²) in [5, 5.41) is 14.5. The molecule has 0 saturated carbocycles. The van der Waals surface area contributed by atoms with Gasteiger partial charge in [0.05, 0.1) is 10.7 Å². The maximum Gasteiger partial charge on any atom is 0.332 e. The zero-order valence-corrected chi connectivity index (χ0v) is 20.9. The number of benzene rings is 2. The first-order valence-electron chi connectivity index (χ1n) is 10.5. The molecule has 2 heterocycles. The summed E-state index contributed by atoms with van der Waals surface area (Å²) in [5.41, 5.74) is 0.631. The number of non-ortho nitro benzene ring substituents is 1. The minimum Gasteiger partial charge on any atom is -0.325 e. The van der Waals surface area contributed by atoms with Crippen LogP contribution in [0.5, 0.6) is 0 Å². The summed E-state index contributed by atoms with van der Waals surface area (Å²) in [6.07, 6.45) is 0. The van der Waals surface area contributed by atoms with E-state index in [1.807, 2.05) is 6.92 Å². The smallest absolute Gasteiger partial charge is 0.325 e. The minimum absolute atomic E-state index is 0.0830. The van der Waals surface area contributed by atoms with Gasteiger partial charge in [-0.2, -0.15) is 0 Å². The van der Waals surface area contributed by atoms with Gasteiger partial charge in [-0.05, 0) is 36.8 Å². The maximum absolute atomic E-state index is 13.0. The molecule has 0 unspecified atom stereocenters. The van der Waals surface area contributed by atoms with Crippen molar-refractivity contribution >= 4 is 51.7 Å². The molecule has 13 heteroatoms. The van der Waals surface area contributed by atoms with E-state index in [2.05, 4.69) is 15.3 Å². The Balaban J connectivity index is 1.74. The number of hydrogen-bond acceptors (Lipinski definition) is 8. The number of nitrogens with one attached hydrogen (secondary N) is 1. The average molecular weight is 527 g/mol. The maximum atomic E-state index is 13.0. The largest absolute Gasteiger partial charge is 0.332 e. The van der Waals surface area contributed by atoms with E-state index in [4.69, 9.17) is 11.6 Å². The van der Waals surface area contributed by atoms with Crippen LogP contribution < -0.4 is 16.6 Å². The van der Waals surface area contributed by atoms with Gasteiger partial charge >= 0.3 is 5.69 Å². The van der Waals surface area contributed by atoms with Gasteiger partial charge in [-0.15, -0.1) is 0 Å². The monoisotopic (exact) mass is 526 g/mol. The van der Waals surface area contributed by atoms with E-state index in [1.165, 1.54) is 42.9 Å². The van der Waals surface area contributed by atoms with Crippen molar-refractivity contribution in [1.82, 2.24) is 19.1 Å². The molecule has 2 aromatic carbocycles. The summed E-state index contributed by atoms with van der Waals surface area (Å²) in [5.74, 6) is -0.303. The molecule has 0 aliphatic rings. The topological polar surface area (TPSA) is 142 Å². The lowest BCUT2D eigenvalue weighted by Crippen LogP contribution is -2.37. The molecule has 1 N–H and O–H groups in total. The molecule has 0 fully saturated rings. The van der Waals surface area contributed by atoms with E-state index in [-0.39, 0.29) is 39.2 Å². The van der Waals surface area contributed by atoms with Crippen LogP contribution >= 0.6 is 23.4 Å². The Bertz CT molecular complexity index is 1650. The van der Waals surface area contributed by atoms with E-state index in [0.29, 0.717) is 16.3 Å². The fourth-order valence-electron chi connectivity index (χ4n) is 3.40. The normalized spacial score (nSPS) is 11.0. The fraction of sp³-hybridized carbons (Fsp3) is 0.174. The molecule has 1 amide bonds. The van der Waals surface area contributed by atoms with Gasteiger partial charge in [0.1, 0.15) is 10.4 Å². The van der Waals surface area contributed by atoms with Crippen LogP contribution in [0.15, 0.2) is 57.1 Å². The number of halogens is 1. The first kappa shape index (κ1) is 25.1. The predicted molar refractivity (Wildman–Crippen MR) is 138 cm³/mol. The highest BCUT2D eigenvalue weighted by Crippen LogP contribution is 2.27. The van der Waals surface area contributed by atoms with Crippen LogP contribution in [0.1, 0.15) is 5.56 Å². The highest BCUT2D eigenvalue weighted by molar-refractivity contribution is 8.00. The molecule has 4 rings (SSSR count). The number of amides is 1. The second-order valence-electron chi connectivity index (χ2n) is 7.86. The fourth-order valence-corrected chi connectivity index (χ4v) is 4.39. The van der Waals surface area contributed by atoms with Gasteiger partial charge in [0.25, 0.3) is 11.2 Å². The van der Waals surface area contributed by atoms with Crippen LogP contribution in [0, 0.1) is 17.0 Å². The number of thioether (sulfide) groups is 1. The standard InChI is InChI=1S/C23H19ClN6O5S/c1-12-4-7-14(10-16(12)24)25-17(31)11-36-21-18-20(28(2)23(33)29(3)22(18)32)26-19(27-21)13-5-8-15(9-6-13)30(34)35/h4-10H,11H2,1-3H3,(H,25,31). The number of aryl methyl sites for hydroxylation is 2. The van der Waals surface area contributed by atoms with E-state index < -0.39 is 16.2 Å². The van der Waals surface area contributed by atoms with Crippen LogP contribution in [-0.4, -0.2) is 35.7 Å². The number of anilines is 1. The Labute approximate surface area is 212 Å². The lowest BCUT2D eigenvalue weighted by atomic mass is 10.2. The van der Waals surface area contributed by atoms with Gasteiger partial charge in [0.15, 0.2) is 11.5 Å². The number of aromatic nitrogens is 4. The van der Waals surface area contributed by atoms with Gasteiger partial charge in [0.2, 0.25) is 5.91 Å². The summed E-state index contributed by atoms with van der Waals surface area (Å²) in [7, 11) is 2.82. The zero-order valence-electron chi connectivity index (χ0n) is 19.3. The Kier molecular flexibility index (Phi) is 6.91. The molecular weight excluding hydrogens is 508 g/mol. The number of carbonyl (C=O) groups excluding carboxylic acids is 1. The summed E-state index contributed by atoms with van der Waals surface area (Å²) in [6, 6.07) is 10.7. The summed E-state index contributed by atoms with van der Waals surface area (Å²) in [4.78, 5) is 57.4. The van der Waals surface area contributed by atoms with Crippen LogP contribution in [-0.2, 0) is 18.9 Å². The number of nitro groups is 1. The van der Waals surface area contributed by atoms with Crippen molar-refractivity contribution in [2.45, 2.75) is 11.9 Å². The third kappa shape index (κ3) is 4.86. The lowest BCUT2D eigenvalue weighted by Gasteiger charge is -2.12. The number of carbonyl (C=O) groups is 1. The molecule has 0 spiro atoms. The second-order valence-corrected chi connectivity index (χ2v) is 9.23. The van der Waals surface area contributed by atoms with E-state index in [0.717, 1.165) is 21.9 Å². The van der Waals surface area contributed by atoms with Gasteiger partial charge in [-0.25, -0.2) is 14.8 Å². The van der Waals surface area contributed by atoms with Crippen LogP contribution in [0.3, 0.4) is 0 Å². The van der Waals surface area contributed by atoms with Crippen molar-refractivity contribution in [1.29, 1.82) is 0 Å². The van der Waals surface area contributed by atoms with Crippen molar-refractivity contribution < 1.29 is 9.72 Å². The number of nitro benzene ring substituents is 1. The summed E-state index contributed by atoms with van der Waals surface area (Å²) < 4.78 is 2.15. The highest BCUT2D eigenvalue weighted by Gasteiger charge is 2.19. The molecule has 0 radical (unpaired) electrons. The first-order valence-corrected chi connectivity index (χ1v) is 11.8. The average Bonchev–Trinajstić information content (AvgIpc) is 2.86. The van der Waals surface area contributed by atoms with Crippen molar-refractivity contribution in [2.75, 3.05) is 11.1 Å². The van der Waals surface area contributed by atoms with Crippen LogP contribution in [0.25, 0.3) is 22.4 Å². The van der Waals surface area contributed by atoms with Crippen LogP contribution in [0.4, 0.5) is 11.4 Å². The highest BCUT2D eigenvalue weighted by atomic mass is 35.5. The molecule has 0 bridgehead atoms. The van der Waals surface area contributed by atoms with Gasteiger partial charge in [0, 0.05) is 42.5 Å². The van der Waals surface area contributed by atoms with Crippen molar-refractivity contribution in [3.63, 3.8) is 0 Å². The quantitative estimate of drug-likeness (QED) is 0.174. The second kappa shape index (κ2) is 9.91. The van der Waals surface area contributed by atoms with Gasteiger partial charge in [-0.3, -0.25) is 28.8 Å². The third-order valence-electron chi connectivity index (χ3n) is 5.40. The summed E-state index contributed by atoms with van der Waals surface area (Å²) >= 11 is 7.13. The van der Waals surface area contributed by atoms with Crippen molar-refractivity contribution in [3.8, 4) is 11.4 Å². The molecule has 11 nitrogen and oxygen atoms in total. The SMILES string of the molecule is Cc1ccc(NC(=O)CSc2nc(-c3ccc([N+](=O)[O-])cc3)nc3c2c(=O)n(C)c(=O)n3C)cc1Cl. The number of hydrogen-bond donors (Lipinski definition) is 1. The molecule has 0 atom stereocenters. The number of nitrogens with zero attached hydrogens (tertiary/aromatic N) is 5. The molecule has 4 aromatic rings. The molecule has 36 heavy (non-hydrogen) atoms. The molecule has 2 aromatic heterocycles. The third-order valence-corrected chi connectivity index (χ3v) is 6.78. The van der Waals surface area contributed by atoms with E-state index in [1.54, 1.807) is 18.2 Å². The van der Waals surface area contributed by atoms with Crippen LogP contribution in [0.2, 0.25) is 5.02 Å². The number of fused-ring (bicyclic) bond motifs is 1. The lowest BCUT2D eigenvalue weighted by molar-refractivity contribution is -0.384. The molecule has 184 valence electrons. The minimum atomic E-state index is -0.600. The Hall–Kier alpha value is -4.03. The molecular formula is C23H19ClN6O5S. The number of rotatable bonds is 6. The Morgan fingerprint density at radius 1 is 1.11 bits per heavy atom. The summed E-state index contributed by atoms with van der Waals surface area (Å²) in [6.45, 7) is 1.85. The van der Waals surface area contributed by atoms with Gasteiger partial charge < -0.3 is 5.32 Å². The Morgan fingerprint density at radius 3 is 2.44 bits per heavy atom. The van der Waals surface area contributed by atoms with Gasteiger partial charge in [-0.1, -0.05) is 29.4 Å². The van der Waals surface area contributed by atoms with E-state index >= 15 is 0 Å². The zero-order chi connectivity index (χ0) is 26.1. The molecule has 0 aliphatic carbocycles. The van der Waals surface area contributed by atoms with E-state index in [9.17, 15) is 24.5 Å². The predicted octanol–water partition coefficient (Wildman–Crippen LogP) is 3.30. The molecule has 0 saturated heterocycles. The molecule has 0 aliphatic heterocycles. The first-order chi connectivity index (χ1) is 17.1. The van der Waals surface area contributed by atoms with Crippen molar-refractivity contribution in [2.24, 2.45) is 14.1 Å². The Morgan fingerprint density at radius 2 is 1.81 bits per heavy atom. The van der Waals surface area contributed by atoms with Crippen molar-refractivity contribution in [3.05, 3.63) is 84.0 Å².